The third kappa shape index (κ3) is 3.48. The number of hydrogen-bond acceptors (Lipinski definition) is 4. The van der Waals surface area contributed by atoms with E-state index in [1.54, 1.807) is 0 Å². The van der Waals surface area contributed by atoms with Gasteiger partial charge in [-0.1, -0.05) is 0 Å². The fourth-order valence-corrected chi connectivity index (χ4v) is 2.96. The summed E-state index contributed by atoms with van der Waals surface area (Å²) in [4.78, 5) is 19.9. The van der Waals surface area contributed by atoms with E-state index in [0.717, 1.165) is 29.7 Å². The van der Waals surface area contributed by atoms with Gasteiger partial charge in [0, 0.05) is 49.7 Å². The van der Waals surface area contributed by atoms with Crippen LogP contribution in [-0.4, -0.2) is 71.7 Å². The van der Waals surface area contributed by atoms with Crippen LogP contribution in [0, 0.1) is 0 Å². The number of β-amino-alcohol motifs (C(OH)–C–C–N with tert-alkyl or cyclic N) is 1. The molecule has 1 fully saturated rings. The molecule has 1 aliphatic rings. The van der Waals surface area contributed by atoms with Gasteiger partial charge in [0.25, 0.3) is 5.91 Å². The van der Waals surface area contributed by atoms with E-state index >= 15 is 0 Å². The second-order valence-electron chi connectivity index (χ2n) is 5.72. The molecule has 0 spiro atoms. The summed E-state index contributed by atoms with van der Waals surface area (Å²) in [7, 11) is 0. The molecule has 0 bridgehead atoms. The van der Waals surface area contributed by atoms with Gasteiger partial charge in [0.15, 0.2) is 0 Å². The van der Waals surface area contributed by atoms with Crippen molar-refractivity contribution in [2.45, 2.75) is 6.92 Å². The number of amides is 1. The Morgan fingerprint density at radius 2 is 2.04 bits per heavy atom. The van der Waals surface area contributed by atoms with Crippen LogP contribution < -0.4 is 4.74 Å². The summed E-state index contributed by atoms with van der Waals surface area (Å²) in [5.41, 5.74) is 1.53. The van der Waals surface area contributed by atoms with Crippen molar-refractivity contribution in [1.82, 2.24) is 14.8 Å². The molecule has 6 nitrogen and oxygen atoms in total. The van der Waals surface area contributed by atoms with Crippen molar-refractivity contribution in [1.29, 1.82) is 0 Å². The zero-order valence-corrected chi connectivity index (χ0v) is 13.4. The molecule has 1 aliphatic heterocycles. The molecule has 1 aromatic carbocycles. The molecule has 6 heteroatoms. The van der Waals surface area contributed by atoms with Crippen molar-refractivity contribution in [2.75, 3.05) is 45.9 Å². The number of aliphatic hydroxyl groups excluding tert-OH is 1. The van der Waals surface area contributed by atoms with Crippen molar-refractivity contribution in [3.63, 3.8) is 0 Å². The topological polar surface area (TPSA) is 68.8 Å². The molecule has 0 unspecified atom stereocenters. The Morgan fingerprint density at radius 1 is 1.26 bits per heavy atom. The molecule has 2 aromatic rings. The molecule has 1 amide bonds. The van der Waals surface area contributed by atoms with Crippen LogP contribution in [0.2, 0.25) is 0 Å². The first-order valence-corrected chi connectivity index (χ1v) is 8.09. The molecule has 1 aromatic heterocycles. The van der Waals surface area contributed by atoms with Gasteiger partial charge in [0.2, 0.25) is 0 Å². The molecule has 2 heterocycles. The van der Waals surface area contributed by atoms with Gasteiger partial charge in [0.05, 0.1) is 13.2 Å². The van der Waals surface area contributed by atoms with Gasteiger partial charge in [-0.05, 0) is 25.1 Å². The van der Waals surface area contributed by atoms with Crippen molar-refractivity contribution in [3.8, 4) is 5.75 Å². The highest BCUT2D eigenvalue weighted by Crippen LogP contribution is 2.22. The lowest BCUT2D eigenvalue weighted by molar-refractivity contribution is 0.0610. The van der Waals surface area contributed by atoms with E-state index in [2.05, 4.69) is 9.88 Å². The van der Waals surface area contributed by atoms with Gasteiger partial charge in [0.1, 0.15) is 11.4 Å². The lowest BCUT2D eigenvalue weighted by Gasteiger charge is -2.34. The maximum Gasteiger partial charge on any atom is 0.270 e. The lowest BCUT2D eigenvalue weighted by Crippen LogP contribution is -2.49. The average Bonchev–Trinajstić information content (AvgIpc) is 2.99. The number of aliphatic hydroxyl groups is 1. The number of nitrogens with one attached hydrogen (secondary N) is 1. The van der Waals surface area contributed by atoms with E-state index in [0.29, 0.717) is 31.9 Å². The van der Waals surface area contributed by atoms with Crippen molar-refractivity contribution >= 4 is 16.8 Å². The molecule has 0 atom stereocenters. The van der Waals surface area contributed by atoms with Crippen LogP contribution in [0.15, 0.2) is 24.3 Å². The van der Waals surface area contributed by atoms with Crippen molar-refractivity contribution in [2.24, 2.45) is 0 Å². The molecule has 0 radical (unpaired) electrons. The van der Waals surface area contributed by atoms with E-state index in [9.17, 15) is 4.79 Å². The Kier molecular flexibility index (Phi) is 4.83. The Labute approximate surface area is 135 Å². The summed E-state index contributed by atoms with van der Waals surface area (Å²) >= 11 is 0. The maximum atomic E-state index is 12.6. The third-order valence-electron chi connectivity index (χ3n) is 4.21. The first kappa shape index (κ1) is 15.8. The number of fused-ring (bicyclic) bond motifs is 1. The van der Waals surface area contributed by atoms with E-state index in [4.69, 9.17) is 9.84 Å². The van der Waals surface area contributed by atoms with Crippen molar-refractivity contribution in [3.05, 3.63) is 30.0 Å². The van der Waals surface area contributed by atoms with E-state index in [1.165, 1.54) is 0 Å². The zero-order valence-electron chi connectivity index (χ0n) is 13.4. The van der Waals surface area contributed by atoms with Crippen LogP contribution in [0.5, 0.6) is 5.75 Å². The monoisotopic (exact) mass is 317 g/mol. The predicted molar refractivity (Wildman–Crippen MR) is 88.9 cm³/mol. The van der Waals surface area contributed by atoms with E-state index < -0.39 is 0 Å². The lowest BCUT2D eigenvalue weighted by atomic mass is 10.2. The van der Waals surface area contributed by atoms with Gasteiger partial charge in [-0.2, -0.15) is 0 Å². The van der Waals surface area contributed by atoms with Gasteiger partial charge >= 0.3 is 0 Å². The molecule has 0 aliphatic carbocycles. The average molecular weight is 317 g/mol. The smallest absolute Gasteiger partial charge is 0.270 e. The minimum atomic E-state index is 0.0304. The number of benzene rings is 1. The predicted octanol–water partition coefficient (Wildman–Crippen LogP) is 1.32. The normalized spacial score (nSPS) is 16.0. The van der Waals surface area contributed by atoms with Crippen molar-refractivity contribution < 1.29 is 14.6 Å². The number of carbonyl (C=O) groups is 1. The summed E-state index contributed by atoms with van der Waals surface area (Å²) in [6, 6.07) is 7.71. The fraction of sp³-hybridized carbons (Fsp3) is 0.471. The van der Waals surface area contributed by atoms with Crippen LogP contribution in [-0.2, 0) is 0 Å². The first-order chi connectivity index (χ1) is 11.2. The molecule has 2 N–H and O–H groups in total. The Hall–Kier alpha value is -2.05. The Bertz CT molecular complexity index is 675. The highest BCUT2D eigenvalue weighted by Gasteiger charge is 2.23. The summed E-state index contributed by atoms with van der Waals surface area (Å²) in [6.45, 7) is 6.41. The maximum absolute atomic E-state index is 12.6. The highest BCUT2D eigenvalue weighted by atomic mass is 16.5. The fourth-order valence-electron chi connectivity index (χ4n) is 2.96. The molecule has 23 heavy (non-hydrogen) atoms. The van der Waals surface area contributed by atoms with Gasteiger partial charge < -0.3 is 19.7 Å². The van der Waals surface area contributed by atoms with Gasteiger partial charge in [-0.3, -0.25) is 9.69 Å². The minimum absolute atomic E-state index is 0.0304. The summed E-state index contributed by atoms with van der Waals surface area (Å²) < 4.78 is 5.49. The number of ether oxygens (including phenoxy) is 1. The number of hydrogen-bond donors (Lipinski definition) is 2. The minimum Gasteiger partial charge on any atom is -0.494 e. The number of H-pyrrole nitrogens is 1. The Morgan fingerprint density at radius 3 is 2.74 bits per heavy atom. The number of nitrogens with zero attached hydrogens (tertiary/aromatic N) is 2. The van der Waals surface area contributed by atoms with E-state index in [1.807, 2.05) is 36.1 Å². The molecule has 124 valence electrons. The van der Waals surface area contributed by atoms with Crippen LogP contribution in [0.4, 0.5) is 0 Å². The molecular formula is C17H23N3O3. The molecule has 3 rings (SSSR count). The van der Waals surface area contributed by atoms with Gasteiger partial charge in [-0.15, -0.1) is 0 Å². The van der Waals surface area contributed by atoms with Crippen LogP contribution in [0.25, 0.3) is 10.9 Å². The van der Waals surface area contributed by atoms with Gasteiger partial charge in [-0.25, -0.2) is 0 Å². The summed E-state index contributed by atoms with van der Waals surface area (Å²) in [5, 5.41) is 9.99. The largest absolute Gasteiger partial charge is 0.494 e. The molecular weight excluding hydrogens is 294 g/mol. The quantitative estimate of drug-likeness (QED) is 0.872. The SMILES string of the molecule is CCOc1ccc2cc(C(=O)N3CCN(CCO)CC3)[nH]c2c1. The number of aromatic nitrogens is 1. The summed E-state index contributed by atoms with van der Waals surface area (Å²) in [6.07, 6.45) is 0. The Balaban J connectivity index is 1.71. The molecule has 1 saturated heterocycles. The standard InChI is InChI=1S/C17H23N3O3/c1-2-23-14-4-3-13-11-16(18-15(13)12-14)17(22)20-7-5-19(6-8-20)9-10-21/h3-4,11-12,18,21H,2,5-10H2,1H3. The third-order valence-corrected chi connectivity index (χ3v) is 4.21. The number of aromatic amines is 1. The number of piperazine rings is 1. The zero-order chi connectivity index (χ0) is 16.2. The van der Waals surface area contributed by atoms with Crippen LogP contribution >= 0.6 is 0 Å². The second-order valence-corrected chi connectivity index (χ2v) is 5.72. The summed E-state index contributed by atoms with van der Waals surface area (Å²) in [5.74, 6) is 0.835. The molecule has 0 saturated carbocycles. The highest BCUT2D eigenvalue weighted by molar-refractivity contribution is 5.98. The van der Waals surface area contributed by atoms with Crippen LogP contribution in [0.3, 0.4) is 0 Å². The van der Waals surface area contributed by atoms with Crippen LogP contribution in [0.1, 0.15) is 17.4 Å². The number of carbonyl (C=O) groups excluding carboxylic acids is 1. The first-order valence-electron chi connectivity index (χ1n) is 8.09. The van der Waals surface area contributed by atoms with E-state index in [-0.39, 0.29) is 12.5 Å². The number of rotatable bonds is 5. The second kappa shape index (κ2) is 7.02.